The maximum absolute atomic E-state index is 11.9. The van der Waals surface area contributed by atoms with Crippen molar-refractivity contribution in [2.24, 2.45) is 0 Å². The first kappa shape index (κ1) is 11.5. The molecule has 2 aliphatic rings. The third kappa shape index (κ3) is 1.66. The number of pyridine rings is 1. The van der Waals surface area contributed by atoms with Crippen LogP contribution in [0.15, 0.2) is 12.3 Å². The van der Waals surface area contributed by atoms with E-state index in [9.17, 15) is 4.79 Å². The van der Waals surface area contributed by atoms with E-state index in [2.05, 4.69) is 15.2 Å². The van der Waals surface area contributed by atoms with E-state index in [1.54, 1.807) is 0 Å². The Bertz CT molecular complexity index is 493. The topological polar surface area (TPSA) is 54.5 Å². The Labute approximate surface area is 106 Å². The normalized spacial score (nSPS) is 21.7. The van der Waals surface area contributed by atoms with Crippen LogP contribution in [0.3, 0.4) is 0 Å². The minimum Gasteiger partial charge on any atom is -0.378 e. The third-order valence-electron chi connectivity index (χ3n) is 3.66. The summed E-state index contributed by atoms with van der Waals surface area (Å²) in [5, 5.41) is 2.91. The van der Waals surface area contributed by atoms with Crippen LogP contribution in [-0.4, -0.2) is 37.2 Å². The number of nitrogens with one attached hydrogen (secondary N) is 1. The van der Waals surface area contributed by atoms with Crippen LogP contribution < -0.4 is 10.2 Å². The molecule has 96 valence electrons. The summed E-state index contributed by atoms with van der Waals surface area (Å²) in [5.41, 5.74) is 2.20. The van der Waals surface area contributed by atoms with Crippen molar-refractivity contribution in [1.82, 2.24) is 4.98 Å². The van der Waals surface area contributed by atoms with Gasteiger partial charge in [-0.25, -0.2) is 0 Å². The van der Waals surface area contributed by atoms with Crippen molar-refractivity contribution in [3.63, 3.8) is 0 Å². The van der Waals surface area contributed by atoms with Crippen LogP contribution in [0, 0.1) is 0 Å². The van der Waals surface area contributed by atoms with Crippen LogP contribution in [0.1, 0.15) is 19.5 Å². The predicted octanol–water partition coefficient (Wildman–Crippen LogP) is 1.15. The van der Waals surface area contributed by atoms with E-state index in [1.807, 2.05) is 26.1 Å². The van der Waals surface area contributed by atoms with E-state index in [-0.39, 0.29) is 5.91 Å². The van der Waals surface area contributed by atoms with Gasteiger partial charge in [-0.05, 0) is 19.9 Å². The molecular formula is C13H17N3O2. The van der Waals surface area contributed by atoms with E-state index in [1.165, 1.54) is 0 Å². The predicted molar refractivity (Wildman–Crippen MR) is 68.9 cm³/mol. The zero-order valence-electron chi connectivity index (χ0n) is 10.7. The lowest BCUT2D eigenvalue weighted by Gasteiger charge is -2.28. The Morgan fingerprint density at radius 2 is 2.11 bits per heavy atom. The SMILES string of the molecule is CC1(C)C(=O)Nc2cc(N3CCOCC3)cnc21. The van der Waals surface area contributed by atoms with Crippen LogP contribution in [0.2, 0.25) is 0 Å². The number of anilines is 2. The van der Waals surface area contributed by atoms with Crippen molar-refractivity contribution in [2.75, 3.05) is 36.5 Å². The van der Waals surface area contributed by atoms with Crippen LogP contribution in [-0.2, 0) is 14.9 Å². The number of amides is 1. The number of hydrogen-bond donors (Lipinski definition) is 1. The second kappa shape index (κ2) is 3.95. The highest BCUT2D eigenvalue weighted by Gasteiger charge is 2.40. The Balaban J connectivity index is 1.93. The highest BCUT2D eigenvalue weighted by molar-refractivity contribution is 6.05. The maximum atomic E-state index is 11.9. The molecule has 5 nitrogen and oxygen atoms in total. The van der Waals surface area contributed by atoms with E-state index in [0.29, 0.717) is 0 Å². The maximum Gasteiger partial charge on any atom is 0.236 e. The molecule has 0 saturated carbocycles. The smallest absolute Gasteiger partial charge is 0.236 e. The molecule has 1 aromatic rings. The molecule has 1 fully saturated rings. The lowest BCUT2D eigenvalue weighted by molar-refractivity contribution is -0.119. The highest BCUT2D eigenvalue weighted by Crippen LogP contribution is 2.37. The molecule has 0 bridgehead atoms. The standard InChI is InChI=1S/C13H17N3O2/c1-13(2)11-10(15-12(13)17)7-9(8-14-11)16-3-5-18-6-4-16/h7-8H,3-6H2,1-2H3,(H,15,17). The van der Waals surface area contributed by atoms with Gasteiger partial charge in [0.1, 0.15) is 0 Å². The summed E-state index contributed by atoms with van der Waals surface area (Å²) in [6, 6.07) is 2.01. The van der Waals surface area contributed by atoms with Crippen molar-refractivity contribution in [3.05, 3.63) is 18.0 Å². The van der Waals surface area contributed by atoms with Crippen molar-refractivity contribution < 1.29 is 9.53 Å². The average molecular weight is 247 g/mol. The van der Waals surface area contributed by atoms with E-state index >= 15 is 0 Å². The first-order valence-electron chi connectivity index (χ1n) is 6.24. The summed E-state index contributed by atoms with van der Waals surface area (Å²) < 4.78 is 5.33. The van der Waals surface area contributed by atoms with Gasteiger partial charge in [-0.3, -0.25) is 9.78 Å². The molecule has 1 saturated heterocycles. The molecule has 0 atom stereocenters. The number of carbonyl (C=O) groups excluding carboxylic acids is 1. The summed E-state index contributed by atoms with van der Waals surface area (Å²) in [5.74, 6) is 0.0177. The van der Waals surface area contributed by atoms with Gasteiger partial charge in [-0.15, -0.1) is 0 Å². The molecule has 2 aliphatic heterocycles. The fourth-order valence-corrected chi connectivity index (χ4v) is 2.43. The number of hydrogen-bond acceptors (Lipinski definition) is 4. The average Bonchev–Trinajstić information content (AvgIpc) is 2.61. The first-order chi connectivity index (χ1) is 8.59. The minimum absolute atomic E-state index is 0.0177. The van der Waals surface area contributed by atoms with Crippen molar-refractivity contribution >= 4 is 17.3 Å². The lowest BCUT2D eigenvalue weighted by atomic mass is 9.90. The van der Waals surface area contributed by atoms with Gasteiger partial charge in [0.2, 0.25) is 5.91 Å². The Hall–Kier alpha value is -1.62. The van der Waals surface area contributed by atoms with Gasteiger partial charge in [0, 0.05) is 13.1 Å². The summed E-state index contributed by atoms with van der Waals surface area (Å²) in [4.78, 5) is 18.6. The quantitative estimate of drug-likeness (QED) is 0.808. The number of carbonyl (C=O) groups is 1. The minimum atomic E-state index is -0.529. The largest absolute Gasteiger partial charge is 0.378 e. The summed E-state index contributed by atoms with van der Waals surface area (Å²) in [7, 11) is 0. The summed E-state index contributed by atoms with van der Waals surface area (Å²) in [6.45, 7) is 7.03. The Morgan fingerprint density at radius 3 is 2.83 bits per heavy atom. The van der Waals surface area contributed by atoms with E-state index in [4.69, 9.17) is 4.74 Å². The van der Waals surface area contributed by atoms with Crippen molar-refractivity contribution in [2.45, 2.75) is 19.3 Å². The second-order valence-corrected chi connectivity index (χ2v) is 5.27. The van der Waals surface area contributed by atoms with Crippen LogP contribution in [0.5, 0.6) is 0 Å². The van der Waals surface area contributed by atoms with Crippen molar-refractivity contribution in [1.29, 1.82) is 0 Å². The molecule has 0 aromatic carbocycles. The Morgan fingerprint density at radius 1 is 1.39 bits per heavy atom. The molecule has 1 N–H and O–H groups in total. The van der Waals surface area contributed by atoms with Gasteiger partial charge in [0.15, 0.2) is 0 Å². The first-order valence-corrected chi connectivity index (χ1v) is 6.24. The zero-order valence-corrected chi connectivity index (χ0v) is 10.7. The van der Waals surface area contributed by atoms with Gasteiger partial charge in [0.25, 0.3) is 0 Å². The molecule has 0 aliphatic carbocycles. The molecule has 3 heterocycles. The van der Waals surface area contributed by atoms with Gasteiger partial charge in [-0.1, -0.05) is 0 Å². The van der Waals surface area contributed by atoms with E-state index in [0.717, 1.165) is 43.4 Å². The fraction of sp³-hybridized carbons (Fsp3) is 0.538. The molecule has 3 rings (SSSR count). The zero-order chi connectivity index (χ0) is 12.8. The van der Waals surface area contributed by atoms with Gasteiger partial charge in [-0.2, -0.15) is 0 Å². The molecule has 0 unspecified atom stereocenters. The number of fused-ring (bicyclic) bond motifs is 1. The molecule has 0 radical (unpaired) electrons. The summed E-state index contributed by atoms with van der Waals surface area (Å²) in [6.07, 6.45) is 1.85. The lowest BCUT2D eigenvalue weighted by Crippen LogP contribution is -2.36. The summed E-state index contributed by atoms with van der Waals surface area (Å²) >= 11 is 0. The van der Waals surface area contributed by atoms with Gasteiger partial charge in [0.05, 0.1) is 41.9 Å². The van der Waals surface area contributed by atoms with E-state index < -0.39 is 5.41 Å². The monoisotopic (exact) mass is 247 g/mol. The van der Waals surface area contributed by atoms with Gasteiger partial charge >= 0.3 is 0 Å². The van der Waals surface area contributed by atoms with Crippen LogP contribution in [0.4, 0.5) is 11.4 Å². The molecule has 1 aromatic heterocycles. The highest BCUT2D eigenvalue weighted by atomic mass is 16.5. The molecule has 0 spiro atoms. The number of ether oxygens (including phenoxy) is 1. The number of morpholine rings is 1. The molecular weight excluding hydrogens is 230 g/mol. The molecule has 18 heavy (non-hydrogen) atoms. The number of aromatic nitrogens is 1. The second-order valence-electron chi connectivity index (χ2n) is 5.27. The van der Waals surface area contributed by atoms with Crippen LogP contribution in [0.25, 0.3) is 0 Å². The van der Waals surface area contributed by atoms with Crippen LogP contribution >= 0.6 is 0 Å². The molecule has 1 amide bonds. The number of nitrogens with zero attached hydrogens (tertiary/aromatic N) is 2. The fourth-order valence-electron chi connectivity index (χ4n) is 2.43. The number of rotatable bonds is 1. The third-order valence-corrected chi connectivity index (χ3v) is 3.66. The van der Waals surface area contributed by atoms with Gasteiger partial charge < -0.3 is 15.0 Å². The van der Waals surface area contributed by atoms with Crippen molar-refractivity contribution in [3.8, 4) is 0 Å². The Kier molecular flexibility index (Phi) is 2.52. The molecule has 5 heteroatoms.